The van der Waals surface area contributed by atoms with Crippen molar-refractivity contribution in [3.63, 3.8) is 0 Å². The first-order chi connectivity index (χ1) is 16.7. The predicted molar refractivity (Wildman–Crippen MR) is 141 cm³/mol. The summed E-state index contributed by atoms with van der Waals surface area (Å²) in [6.45, 7) is 1.81. The van der Waals surface area contributed by atoms with Gasteiger partial charge in [-0.3, -0.25) is 4.79 Å². The molecule has 0 saturated heterocycles. The van der Waals surface area contributed by atoms with Crippen LogP contribution < -0.4 is 0 Å². The molecule has 0 spiro atoms. The first kappa shape index (κ1) is 23.2. The minimum Gasteiger partial charge on any atom is -0.504 e. The zero-order valence-electron chi connectivity index (χ0n) is 18.5. The quantitative estimate of drug-likeness (QED) is 0.131. The fourth-order valence-corrected chi connectivity index (χ4v) is 5.48. The molecule has 0 fully saturated rings. The standard InChI is InChI=1S/C29H19F2IO3/c1-29(21-13-7-6-12-20(21)28(32)35,22-14-24(30)26(33)18-10-4-2-8-16(18)22)23-15-25(31)27(34)19-11-5-3-9-17(19)23/h2-15,33-34H,1H3. The van der Waals surface area contributed by atoms with Gasteiger partial charge in [-0.25, -0.2) is 8.78 Å². The largest absolute Gasteiger partial charge is 0.504 e. The van der Waals surface area contributed by atoms with Crippen molar-refractivity contribution < 1.29 is 23.8 Å². The van der Waals surface area contributed by atoms with E-state index in [0.717, 1.165) is 0 Å². The highest BCUT2D eigenvalue weighted by atomic mass is 127. The summed E-state index contributed by atoms with van der Waals surface area (Å²) in [7, 11) is 0. The predicted octanol–water partition coefficient (Wildman–Crippen LogP) is 7.61. The van der Waals surface area contributed by atoms with Gasteiger partial charge in [0.2, 0.25) is 3.79 Å². The Bertz CT molecular complexity index is 1550. The second-order valence-corrected chi connectivity index (χ2v) is 9.52. The highest BCUT2D eigenvalue weighted by Crippen LogP contribution is 2.49. The van der Waals surface area contributed by atoms with Gasteiger partial charge in [0.05, 0.1) is 0 Å². The molecule has 3 nitrogen and oxygen atoms in total. The van der Waals surface area contributed by atoms with Crippen molar-refractivity contribution in [1.82, 2.24) is 0 Å². The Hall–Kier alpha value is -3.52. The lowest BCUT2D eigenvalue weighted by Gasteiger charge is -2.35. The minimum absolute atomic E-state index is 0.225. The molecule has 0 unspecified atom stereocenters. The summed E-state index contributed by atoms with van der Waals surface area (Å²) >= 11 is 1.71. The minimum atomic E-state index is -1.25. The van der Waals surface area contributed by atoms with Crippen LogP contribution in [0.25, 0.3) is 21.5 Å². The lowest BCUT2D eigenvalue weighted by molar-refractivity contribution is 0.110. The van der Waals surface area contributed by atoms with Crippen LogP contribution >= 0.6 is 22.6 Å². The van der Waals surface area contributed by atoms with Crippen LogP contribution in [0, 0.1) is 11.6 Å². The molecule has 5 aromatic rings. The summed E-state index contributed by atoms with van der Waals surface area (Å²) in [5.41, 5.74) is 0.586. The van der Waals surface area contributed by atoms with E-state index in [9.17, 15) is 15.0 Å². The number of hydrogen-bond acceptors (Lipinski definition) is 3. The highest BCUT2D eigenvalue weighted by Gasteiger charge is 2.38. The summed E-state index contributed by atoms with van der Waals surface area (Å²) < 4.78 is 30.1. The molecule has 0 amide bonds. The molecule has 0 radical (unpaired) electrons. The Balaban J connectivity index is 2.03. The Morgan fingerprint density at radius 2 is 1.09 bits per heavy atom. The third-order valence-corrected chi connectivity index (χ3v) is 7.28. The van der Waals surface area contributed by atoms with E-state index in [1.165, 1.54) is 12.1 Å². The molecule has 5 rings (SSSR count). The zero-order chi connectivity index (χ0) is 24.9. The maximum atomic E-state index is 15.2. The number of benzene rings is 5. The van der Waals surface area contributed by atoms with E-state index in [2.05, 4.69) is 0 Å². The zero-order valence-corrected chi connectivity index (χ0v) is 20.7. The number of phenols is 2. The molecule has 0 aliphatic carbocycles. The smallest absolute Gasteiger partial charge is 0.222 e. The normalized spacial score (nSPS) is 11.8. The van der Waals surface area contributed by atoms with Crippen LogP contribution in [0.4, 0.5) is 8.78 Å². The third-order valence-electron chi connectivity index (χ3n) is 6.69. The van der Waals surface area contributed by atoms with Crippen molar-refractivity contribution in [3.05, 3.63) is 119 Å². The van der Waals surface area contributed by atoms with Crippen molar-refractivity contribution >= 4 is 47.9 Å². The number of carbonyl (C=O) groups is 1. The van der Waals surface area contributed by atoms with Crippen molar-refractivity contribution in [2.45, 2.75) is 12.3 Å². The van der Waals surface area contributed by atoms with Crippen LogP contribution in [0.3, 0.4) is 0 Å². The van der Waals surface area contributed by atoms with E-state index < -0.39 is 28.5 Å². The van der Waals surface area contributed by atoms with Gasteiger partial charge in [0.25, 0.3) is 0 Å². The first-order valence-electron chi connectivity index (χ1n) is 10.9. The van der Waals surface area contributed by atoms with Gasteiger partial charge < -0.3 is 10.2 Å². The number of aromatic hydroxyl groups is 2. The van der Waals surface area contributed by atoms with E-state index in [1.54, 1.807) is 95.4 Å². The molecule has 0 aliphatic rings. The van der Waals surface area contributed by atoms with Gasteiger partial charge in [0, 0.05) is 44.3 Å². The van der Waals surface area contributed by atoms with Crippen LogP contribution in [-0.4, -0.2) is 14.0 Å². The van der Waals surface area contributed by atoms with Crippen LogP contribution in [0.2, 0.25) is 0 Å². The Morgan fingerprint density at radius 3 is 1.54 bits per heavy atom. The molecule has 174 valence electrons. The highest BCUT2D eigenvalue weighted by molar-refractivity contribution is 14.1. The summed E-state index contributed by atoms with van der Waals surface area (Å²) in [5, 5.41) is 22.6. The first-order valence-corrected chi connectivity index (χ1v) is 11.9. The van der Waals surface area contributed by atoms with E-state index in [4.69, 9.17) is 0 Å². The monoisotopic (exact) mass is 580 g/mol. The molecular weight excluding hydrogens is 561 g/mol. The van der Waals surface area contributed by atoms with Crippen LogP contribution in [0.15, 0.2) is 84.9 Å². The van der Waals surface area contributed by atoms with E-state index in [1.807, 2.05) is 6.92 Å². The van der Waals surface area contributed by atoms with Crippen LogP contribution in [0.5, 0.6) is 11.5 Å². The van der Waals surface area contributed by atoms with Crippen molar-refractivity contribution in [2.24, 2.45) is 0 Å². The molecule has 35 heavy (non-hydrogen) atoms. The van der Waals surface area contributed by atoms with E-state index >= 15 is 8.78 Å². The molecule has 0 saturated carbocycles. The van der Waals surface area contributed by atoms with E-state index in [0.29, 0.717) is 43.8 Å². The van der Waals surface area contributed by atoms with Gasteiger partial charge in [-0.1, -0.05) is 72.8 Å². The van der Waals surface area contributed by atoms with Gasteiger partial charge >= 0.3 is 0 Å². The number of hydrogen-bond donors (Lipinski definition) is 2. The molecule has 5 aromatic carbocycles. The van der Waals surface area contributed by atoms with Gasteiger partial charge in [-0.15, -0.1) is 0 Å². The Kier molecular flexibility index (Phi) is 5.71. The second-order valence-electron chi connectivity index (χ2n) is 8.54. The van der Waals surface area contributed by atoms with E-state index in [-0.39, 0.29) is 3.79 Å². The number of rotatable bonds is 4. The molecule has 6 heteroatoms. The van der Waals surface area contributed by atoms with Crippen LogP contribution in [0.1, 0.15) is 34.0 Å². The molecule has 0 aromatic heterocycles. The maximum Gasteiger partial charge on any atom is 0.222 e. The molecule has 0 bridgehead atoms. The lowest BCUT2D eigenvalue weighted by atomic mass is 9.67. The van der Waals surface area contributed by atoms with Gasteiger partial charge in [0.1, 0.15) is 0 Å². The number of fused-ring (bicyclic) bond motifs is 2. The van der Waals surface area contributed by atoms with Crippen molar-refractivity contribution in [2.75, 3.05) is 0 Å². The second kappa shape index (κ2) is 8.61. The summed E-state index contributed by atoms with van der Waals surface area (Å²) in [6.07, 6.45) is 0. The average molecular weight is 580 g/mol. The summed E-state index contributed by atoms with van der Waals surface area (Å²) in [4.78, 5) is 12.7. The van der Waals surface area contributed by atoms with Gasteiger partial charge in [-0.2, -0.15) is 0 Å². The van der Waals surface area contributed by atoms with Gasteiger partial charge in [-0.05, 0) is 46.5 Å². The maximum absolute atomic E-state index is 15.2. The molecular formula is C29H19F2IO3. The molecule has 0 atom stereocenters. The Labute approximate surface area is 213 Å². The summed E-state index contributed by atoms with van der Waals surface area (Å²) in [5.74, 6) is -2.61. The topological polar surface area (TPSA) is 57.5 Å². The molecule has 2 N–H and O–H groups in total. The molecule has 0 heterocycles. The fraction of sp³-hybridized carbons (Fsp3) is 0.0690. The number of phenolic OH excluding ortho intramolecular Hbond substituents is 2. The number of halogens is 3. The summed E-state index contributed by atoms with van der Waals surface area (Å²) in [6, 6.07) is 23.1. The third kappa shape index (κ3) is 3.55. The SMILES string of the molecule is CC(c1ccccc1C(=O)I)(c1cc(F)c(O)c2ccccc12)c1cc(F)c(O)c2ccccc12. The van der Waals surface area contributed by atoms with Gasteiger partial charge in [0.15, 0.2) is 23.1 Å². The molecule has 0 aliphatic heterocycles. The van der Waals surface area contributed by atoms with Crippen molar-refractivity contribution in [1.29, 1.82) is 0 Å². The number of carbonyl (C=O) groups excluding carboxylic acids is 1. The fourth-order valence-electron chi connectivity index (χ4n) is 5.01. The Morgan fingerprint density at radius 1 is 0.686 bits per heavy atom. The lowest BCUT2D eigenvalue weighted by Crippen LogP contribution is -2.28. The van der Waals surface area contributed by atoms with Crippen LogP contribution in [-0.2, 0) is 5.41 Å². The van der Waals surface area contributed by atoms with Crippen molar-refractivity contribution in [3.8, 4) is 11.5 Å². The average Bonchev–Trinajstić information content (AvgIpc) is 2.88.